The van der Waals surface area contributed by atoms with Crippen molar-refractivity contribution in [2.45, 2.75) is 73.6 Å². The molecule has 0 aliphatic rings. The first-order valence-electron chi connectivity index (χ1n) is 5.68. The van der Waals surface area contributed by atoms with Gasteiger partial charge in [0.05, 0.1) is 0 Å². The van der Waals surface area contributed by atoms with Crippen LogP contribution in [0, 0.1) is 11.8 Å². The first-order chi connectivity index (χ1) is 5.68. The van der Waals surface area contributed by atoms with E-state index in [-0.39, 0.29) is 7.43 Å². The zero-order valence-electron chi connectivity index (χ0n) is 9.40. The van der Waals surface area contributed by atoms with Crippen molar-refractivity contribution in [1.82, 2.24) is 0 Å². The average Bonchev–Trinajstić information content (AvgIpc) is 2.03. The molecule has 0 amide bonds. The molecule has 0 N–H and O–H groups in total. The van der Waals surface area contributed by atoms with Crippen molar-refractivity contribution >= 4 is 0 Å². The van der Waals surface area contributed by atoms with Gasteiger partial charge in [-0.2, -0.15) is 0 Å². The molecule has 13 heavy (non-hydrogen) atoms. The van der Waals surface area contributed by atoms with Crippen LogP contribution in [0.15, 0.2) is 0 Å². The van der Waals surface area contributed by atoms with Crippen LogP contribution in [0.4, 0.5) is 0 Å². The van der Waals surface area contributed by atoms with Gasteiger partial charge in [-0.15, -0.1) is 0 Å². The molecule has 1 atom stereocenters. The van der Waals surface area contributed by atoms with E-state index < -0.39 is 0 Å². The second-order valence-corrected chi connectivity index (χ2v) is 4.42. The van der Waals surface area contributed by atoms with Crippen LogP contribution in [0.2, 0.25) is 0 Å². The van der Waals surface area contributed by atoms with Gasteiger partial charge in [-0.25, -0.2) is 0 Å². The van der Waals surface area contributed by atoms with Crippen molar-refractivity contribution in [3.8, 4) is 0 Å². The molecule has 0 unspecified atom stereocenters. The molecule has 0 aromatic heterocycles. The highest BCUT2D eigenvalue weighted by Crippen LogP contribution is 2.18. The molecule has 0 aromatic rings. The normalized spacial score (nSPS) is 12.7. The van der Waals surface area contributed by atoms with E-state index in [1.807, 2.05) is 0 Å². The van der Waals surface area contributed by atoms with E-state index in [1.54, 1.807) is 0 Å². The summed E-state index contributed by atoms with van der Waals surface area (Å²) in [5.41, 5.74) is 0. The van der Waals surface area contributed by atoms with Crippen molar-refractivity contribution in [2.24, 2.45) is 11.8 Å². The quantitative estimate of drug-likeness (QED) is 0.475. The van der Waals surface area contributed by atoms with E-state index in [9.17, 15) is 0 Å². The Labute approximate surface area is 86.1 Å². The van der Waals surface area contributed by atoms with Crippen molar-refractivity contribution in [3.63, 3.8) is 0 Å². The van der Waals surface area contributed by atoms with Crippen LogP contribution in [0.1, 0.15) is 73.6 Å². The van der Waals surface area contributed by atoms with Gasteiger partial charge in [-0.1, -0.05) is 73.6 Å². The van der Waals surface area contributed by atoms with Gasteiger partial charge in [0.2, 0.25) is 0 Å². The van der Waals surface area contributed by atoms with Gasteiger partial charge < -0.3 is 0 Å². The van der Waals surface area contributed by atoms with Gasteiger partial charge in [0.15, 0.2) is 0 Å². The van der Waals surface area contributed by atoms with E-state index in [0.717, 1.165) is 11.8 Å². The van der Waals surface area contributed by atoms with Crippen LogP contribution >= 0.6 is 0 Å². The standard InChI is InChI=1S/C12H26.CH4/c1-5-6-7-8-9-10-12(4)11(2)3;/h11-12H,5-10H2,1-4H3;1H4/t12-;/m1./s1. The van der Waals surface area contributed by atoms with Crippen molar-refractivity contribution in [2.75, 3.05) is 0 Å². The van der Waals surface area contributed by atoms with Crippen LogP contribution in [0.25, 0.3) is 0 Å². The molecule has 82 valence electrons. The molecule has 0 aromatic carbocycles. The zero-order chi connectivity index (χ0) is 9.40. The van der Waals surface area contributed by atoms with E-state index >= 15 is 0 Å². The van der Waals surface area contributed by atoms with Crippen LogP contribution in [-0.4, -0.2) is 0 Å². The largest absolute Gasteiger partial charge is 0.0776 e. The molecular formula is C13H30. The maximum atomic E-state index is 2.38. The molecule has 0 heteroatoms. The van der Waals surface area contributed by atoms with Gasteiger partial charge in [0, 0.05) is 0 Å². The monoisotopic (exact) mass is 186 g/mol. The van der Waals surface area contributed by atoms with Gasteiger partial charge in [0.25, 0.3) is 0 Å². The predicted molar refractivity (Wildman–Crippen MR) is 64.1 cm³/mol. The molecule has 0 spiro atoms. The molecule has 0 nitrogen and oxygen atoms in total. The molecule has 0 rings (SSSR count). The predicted octanol–water partition coefficient (Wildman–Crippen LogP) is 5.28. The average molecular weight is 186 g/mol. The minimum Gasteiger partial charge on any atom is -0.0776 e. The van der Waals surface area contributed by atoms with Crippen LogP contribution in [0.5, 0.6) is 0 Å². The Morgan fingerprint density at radius 3 is 1.85 bits per heavy atom. The Morgan fingerprint density at radius 2 is 1.38 bits per heavy atom. The van der Waals surface area contributed by atoms with Crippen molar-refractivity contribution in [3.05, 3.63) is 0 Å². The van der Waals surface area contributed by atoms with E-state index in [0.29, 0.717) is 0 Å². The fourth-order valence-corrected chi connectivity index (χ4v) is 1.40. The first-order valence-corrected chi connectivity index (χ1v) is 5.68. The van der Waals surface area contributed by atoms with Gasteiger partial charge in [-0.3, -0.25) is 0 Å². The molecule has 0 aliphatic heterocycles. The topological polar surface area (TPSA) is 0 Å². The van der Waals surface area contributed by atoms with Crippen LogP contribution in [-0.2, 0) is 0 Å². The van der Waals surface area contributed by atoms with E-state index in [4.69, 9.17) is 0 Å². The lowest BCUT2D eigenvalue weighted by atomic mass is 9.92. The number of hydrogen-bond acceptors (Lipinski definition) is 0. The lowest BCUT2D eigenvalue weighted by Crippen LogP contribution is -2.03. The number of rotatable bonds is 7. The fraction of sp³-hybridized carbons (Fsp3) is 1.00. The van der Waals surface area contributed by atoms with E-state index in [2.05, 4.69) is 27.7 Å². The Bertz CT molecular complexity index is 84.0. The third kappa shape index (κ3) is 9.92. The van der Waals surface area contributed by atoms with Gasteiger partial charge >= 0.3 is 0 Å². The summed E-state index contributed by atoms with van der Waals surface area (Å²) in [6, 6.07) is 0. The maximum absolute atomic E-state index is 2.38. The second kappa shape index (κ2) is 10.1. The molecular weight excluding hydrogens is 156 g/mol. The minimum atomic E-state index is 0. The molecule has 0 saturated heterocycles. The van der Waals surface area contributed by atoms with Crippen molar-refractivity contribution < 1.29 is 0 Å². The first kappa shape index (κ1) is 15.5. The summed E-state index contributed by atoms with van der Waals surface area (Å²) in [4.78, 5) is 0. The highest BCUT2D eigenvalue weighted by atomic mass is 14.1. The molecule has 0 radical (unpaired) electrons. The molecule has 0 bridgehead atoms. The molecule has 0 aliphatic carbocycles. The summed E-state index contributed by atoms with van der Waals surface area (Å²) < 4.78 is 0. The SMILES string of the molecule is C.CCCCCCC[C@@H](C)C(C)C. The summed E-state index contributed by atoms with van der Waals surface area (Å²) in [6.07, 6.45) is 8.56. The maximum Gasteiger partial charge on any atom is -0.0420 e. The van der Waals surface area contributed by atoms with Crippen LogP contribution in [0.3, 0.4) is 0 Å². The van der Waals surface area contributed by atoms with Crippen LogP contribution < -0.4 is 0 Å². The third-order valence-corrected chi connectivity index (χ3v) is 2.90. The Morgan fingerprint density at radius 1 is 0.846 bits per heavy atom. The summed E-state index contributed by atoms with van der Waals surface area (Å²) in [7, 11) is 0. The highest BCUT2D eigenvalue weighted by molar-refractivity contribution is 4.57. The van der Waals surface area contributed by atoms with Gasteiger partial charge in [0.1, 0.15) is 0 Å². The highest BCUT2D eigenvalue weighted by Gasteiger charge is 2.05. The number of unbranched alkanes of at least 4 members (excludes halogenated alkanes) is 4. The van der Waals surface area contributed by atoms with Gasteiger partial charge in [-0.05, 0) is 11.8 Å². The Kier molecular flexibility index (Phi) is 12.0. The van der Waals surface area contributed by atoms with Crippen molar-refractivity contribution in [1.29, 1.82) is 0 Å². The summed E-state index contributed by atoms with van der Waals surface area (Å²) >= 11 is 0. The second-order valence-electron chi connectivity index (χ2n) is 4.42. The summed E-state index contributed by atoms with van der Waals surface area (Å²) in [5.74, 6) is 1.79. The smallest absolute Gasteiger partial charge is 0.0420 e. The fourth-order valence-electron chi connectivity index (χ4n) is 1.40. The Balaban J connectivity index is 0. The molecule has 0 heterocycles. The van der Waals surface area contributed by atoms with E-state index in [1.165, 1.54) is 38.5 Å². The molecule has 0 saturated carbocycles. The lowest BCUT2D eigenvalue weighted by Gasteiger charge is -2.14. The summed E-state index contributed by atoms with van der Waals surface area (Å²) in [6.45, 7) is 9.31. The number of hydrogen-bond donors (Lipinski definition) is 0. The molecule has 0 fully saturated rings. The minimum absolute atomic E-state index is 0. The zero-order valence-corrected chi connectivity index (χ0v) is 9.40. The lowest BCUT2D eigenvalue weighted by molar-refractivity contribution is 0.375. The Hall–Kier alpha value is 0. The third-order valence-electron chi connectivity index (χ3n) is 2.90. The summed E-state index contributed by atoms with van der Waals surface area (Å²) in [5, 5.41) is 0.